The molecule has 0 saturated carbocycles. The van der Waals surface area contributed by atoms with Crippen LogP contribution >= 0.6 is 0 Å². The largest absolute Gasteiger partial charge is 0.378 e. The van der Waals surface area contributed by atoms with Gasteiger partial charge < -0.3 is 14.6 Å². The lowest BCUT2D eigenvalue weighted by Gasteiger charge is -2.18. The predicted octanol–water partition coefficient (Wildman–Crippen LogP) is 1.89. The third kappa shape index (κ3) is 3.09. The van der Waals surface area contributed by atoms with E-state index < -0.39 is 0 Å². The first kappa shape index (κ1) is 13.5. The molecule has 0 bridgehead atoms. The maximum Gasteiger partial charge on any atom is 0.231 e. The highest BCUT2D eigenvalue weighted by Gasteiger charge is 2.23. The maximum absolute atomic E-state index is 5.58. The van der Waals surface area contributed by atoms with Gasteiger partial charge in [-0.05, 0) is 26.3 Å². The molecule has 3 unspecified atom stereocenters. The fourth-order valence-corrected chi connectivity index (χ4v) is 2.52. The Morgan fingerprint density at radius 1 is 1.50 bits per heavy atom. The summed E-state index contributed by atoms with van der Waals surface area (Å²) in [6.07, 6.45) is 4.34. The summed E-state index contributed by atoms with van der Waals surface area (Å²) in [5.74, 6) is 1.74. The number of nitrogens with one attached hydrogen (secondary N) is 1. The number of likely N-dealkylation sites (N-methyl/N-ethyl adjacent to an activating group) is 1. The van der Waals surface area contributed by atoms with Gasteiger partial charge in [-0.15, -0.1) is 0 Å². The molecule has 1 N–H and O–H groups in total. The number of ether oxygens (including phenoxy) is 1. The molecule has 0 spiro atoms. The topological polar surface area (TPSA) is 60.2 Å². The molecule has 1 aromatic rings. The standard InChI is InChI=1S/C13H23N3O2/c1-4-11(14-3)9(2)13-15-12(16-18-13)8-10-6-5-7-17-10/h9-11,14H,4-8H2,1-3H3. The zero-order valence-corrected chi connectivity index (χ0v) is 11.5. The van der Waals surface area contributed by atoms with Crippen LogP contribution in [-0.4, -0.2) is 35.9 Å². The van der Waals surface area contributed by atoms with E-state index in [9.17, 15) is 0 Å². The van der Waals surface area contributed by atoms with Crippen LogP contribution in [0, 0.1) is 0 Å². The third-order valence-electron chi connectivity index (χ3n) is 3.72. The van der Waals surface area contributed by atoms with Crippen LogP contribution in [0.5, 0.6) is 0 Å². The monoisotopic (exact) mass is 253 g/mol. The predicted molar refractivity (Wildman–Crippen MR) is 68.5 cm³/mol. The zero-order valence-electron chi connectivity index (χ0n) is 11.5. The Kier molecular flexibility index (Phi) is 4.72. The second kappa shape index (κ2) is 6.29. The van der Waals surface area contributed by atoms with Crippen LogP contribution in [-0.2, 0) is 11.2 Å². The Labute approximate surface area is 108 Å². The molecule has 3 atom stereocenters. The van der Waals surface area contributed by atoms with E-state index in [1.807, 2.05) is 7.05 Å². The lowest BCUT2D eigenvalue weighted by atomic mass is 10.00. The quantitative estimate of drug-likeness (QED) is 0.839. The Bertz CT molecular complexity index is 357. The van der Waals surface area contributed by atoms with Crippen LogP contribution in [0.1, 0.15) is 50.7 Å². The number of hydrogen-bond acceptors (Lipinski definition) is 5. The molecule has 0 aromatic carbocycles. The van der Waals surface area contributed by atoms with Crippen LogP contribution in [0.2, 0.25) is 0 Å². The zero-order chi connectivity index (χ0) is 13.0. The van der Waals surface area contributed by atoms with E-state index >= 15 is 0 Å². The smallest absolute Gasteiger partial charge is 0.231 e. The number of hydrogen-bond donors (Lipinski definition) is 1. The Morgan fingerprint density at radius 3 is 2.94 bits per heavy atom. The van der Waals surface area contributed by atoms with Gasteiger partial charge >= 0.3 is 0 Å². The van der Waals surface area contributed by atoms with Gasteiger partial charge in [-0.3, -0.25) is 0 Å². The fourth-order valence-electron chi connectivity index (χ4n) is 2.52. The molecule has 102 valence electrons. The molecule has 1 aromatic heterocycles. The van der Waals surface area contributed by atoms with Crippen molar-refractivity contribution in [2.75, 3.05) is 13.7 Å². The van der Waals surface area contributed by atoms with E-state index in [0.717, 1.165) is 44.0 Å². The highest BCUT2D eigenvalue weighted by molar-refractivity contribution is 4.98. The van der Waals surface area contributed by atoms with Crippen LogP contribution in [0.4, 0.5) is 0 Å². The number of nitrogens with zero attached hydrogens (tertiary/aromatic N) is 2. The van der Waals surface area contributed by atoms with Crippen molar-refractivity contribution in [1.82, 2.24) is 15.5 Å². The molecule has 1 saturated heterocycles. The second-order valence-corrected chi connectivity index (χ2v) is 4.98. The van der Waals surface area contributed by atoms with Crippen molar-refractivity contribution in [2.24, 2.45) is 0 Å². The highest BCUT2D eigenvalue weighted by atomic mass is 16.5. The summed E-state index contributed by atoms with van der Waals surface area (Å²) in [4.78, 5) is 4.49. The van der Waals surface area contributed by atoms with E-state index in [0.29, 0.717) is 6.04 Å². The molecule has 0 aliphatic carbocycles. The molecule has 2 heterocycles. The summed E-state index contributed by atoms with van der Waals surface area (Å²) in [6, 6.07) is 0.376. The Balaban J connectivity index is 1.96. The van der Waals surface area contributed by atoms with Crippen molar-refractivity contribution < 1.29 is 9.26 Å². The van der Waals surface area contributed by atoms with E-state index in [1.165, 1.54) is 0 Å². The first-order valence-electron chi connectivity index (χ1n) is 6.86. The van der Waals surface area contributed by atoms with Crippen molar-refractivity contribution in [1.29, 1.82) is 0 Å². The maximum atomic E-state index is 5.58. The summed E-state index contributed by atoms with van der Waals surface area (Å²) in [6.45, 7) is 5.14. The van der Waals surface area contributed by atoms with Crippen molar-refractivity contribution in [3.8, 4) is 0 Å². The minimum Gasteiger partial charge on any atom is -0.378 e. The van der Waals surface area contributed by atoms with E-state index in [1.54, 1.807) is 0 Å². The summed E-state index contributed by atoms with van der Waals surface area (Å²) >= 11 is 0. The summed E-state index contributed by atoms with van der Waals surface area (Å²) in [7, 11) is 1.97. The van der Waals surface area contributed by atoms with Crippen LogP contribution in [0.3, 0.4) is 0 Å². The van der Waals surface area contributed by atoms with E-state index in [2.05, 4.69) is 29.3 Å². The van der Waals surface area contributed by atoms with Crippen LogP contribution < -0.4 is 5.32 Å². The normalized spacial score (nSPS) is 23.2. The van der Waals surface area contributed by atoms with Gasteiger partial charge in [0.2, 0.25) is 5.89 Å². The van der Waals surface area contributed by atoms with E-state index in [4.69, 9.17) is 9.26 Å². The minimum absolute atomic E-state index is 0.241. The van der Waals surface area contributed by atoms with Gasteiger partial charge in [0, 0.05) is 19.1 Å². The molecule has 0 radical (unpaired) electrons. The number of aromatic nitrogens is 2. The van der Waals surface area contributed by atoms with Crippen molar-refractivity contribution >= 4 is 0 Å². The van der Waals surface area contributed by atoms with Gasteiger partial charge in [0.15, 0.2) is 5.82 Å². The third-order valence-corrected chi connectivity index (χ3v) is 3.72. The molecule has 5 nitrogen and oxygen atoms in total. The molecule has 2 rings (SSSR count). The molecule has 0 amide bonds. The second-order valence-electron chi connectivity index (χ2n) is 4.98. The van der Waals surface area contributed by atoms with Crippen molar-refractivity contribution in [3.05, 3.63) is 11.7 Å². The average Bonchev–Trinajstić information content (AvgIpc) is 3.02. The van der Waals surface area contributed by atoms with Crippen molar-refractivity contribution in [3.63, 3.8) is 0 Å². The van der Waals surface area contributed by atoms with Gasteiger partial charge in [0.25, 0.3) is 0 Å². The summed E-state index contributed by atoms with van der Waals surface area (Å²) < 4.78 is 10.9. The highest BCUT2D eigenvalue weighted by Crippen LogP contribution is 2.21. The average molecular weight is 253 g/mol. The first-order chi connectivity index (χ1) is 8.74. The molecule has 5 heteroatoms. The van der Waals surface area contributed by atoms with Gasteiger partial charge in [0.05, 0.1) is 12.0 Å². The molecular formula is C13H23N3O2. The lowest BCUT2D eigenvalue weighted by Crippen LogP contribution is -2.30. The molecule has 1 aliphatic rings. The number of rotatable bonds is 6. The van der Waals surface area contributed by atoms with Crippen molar-refractivity contribution in [2.45, 2.75) is 57.6 Å². The van der Waals surface area contributed by atoms with Gasteiger partial charge in [-0.1, -0.05) is 19.0 Å². The summed E-state index contributed by atoms with van der Waals surface area (Å²) in [5, 5.41) is 7.34. The summed E-state index contributed by atoms with van der Waals surface area (Å²) in [5.41, 5.74) is 0. The van der Waals surface area contributed by atoms with Gasteiger partial charge in [-0.2, -0.15) is 4.98 Å². The molecular weight excluding hydrogens is 230 g/mol. The Morgan fingerprint density at radius 2 is 2.33 bits per heavy atom. The molecule has 1 fully saturated rings. The van der Waals surface area contributed by atoms with Crippen LogP contribution in [0.15, 0.2) is 4.52 Å². The lowest BCUT2D eigenvalue weighted by molar-refractivity contribution is 0.109. The molecule has 1 aliphatic heterocycles. The minimum atomic E-state index is 0.241. The van der Waals surface area contributed by atoms with Gasteiger partial charge in [0.1, 0.15) is 0 Å². The van der Waals surface area contributed by atoms with Crippen LogP contribution in [0.25, 0.3) is 0 Å². The fraction of sp³-hybridized carbons (Fsp3) is 0.846. The van der Waals surface area contributed by atoms with Gasteiger partial charge in [-0.25, -0.2) is 0 Å². The SMILES string of the molecule is CCC(NC)C(C)c1nc(CC2CCCO2)no1. The first-order valence-corrected chi connectivity index (χ1v) is 6.86. The van der Waals surface area contributed by atoms with E-state index in [-0.39, 0.29) is 12.0 Å². The Hall–Kier alpha value is -0.940. The molecule has 18 heavy (non-hydrogen) atoms.